The van der Waals surface area contributed by atoms with Crippen molar-refractivity contribution in [2.75, 3.05) is 19.6 Å². The van der Waals surface area contributed by atoms with Crippen molar-refractivity contribution < 1.29 is 19.1 Å². The van der Waals surface area contributed by atoms with Crippen molar-refractivity contribution in [1.29, 1.82) is 0 Å². The Kier molecular flexibility index (Phi) is 3.80. The molecular weight excluding hydrogens is 251 g/mol. The number of hydrogen-bond acceptors (Lipinski definition) is 3. The predicted octanol–water partition coefficient (Wildman–Crippen LogP) is 0.633. The quantitative estimate of drug-likeness (QED) is 0.824. The zero-order valence-electron chi connectivity index (χ0n) is 10.5. The molecule has 6 heteroatoms. The summed E-state index contributed by atoms with van der Waals surface area (Å²) >= 11 is 0. The third kappa shape index (κ3) is 2.90. The average Bonchev–Trinajstić information content (AvgIpc) is 2.41. The molecule has 0 spiro atoms. The number of nitrogens with one attached hydrogen (secondary N) is 1. The van der Waals surface area contributed by atoms with Gasteiger partial charge in [-0.05, 0) is 24.6 Å². The molecule has 1 aliphatic rings. The molecule has 102 valence electrons. The molecule has 1 saturated heterocycles. The van der Waals surface area contributed by atoms with Crippen LogP contribution in [-0.4, -0.2) is 47.6 Å². The van der Waals surface area contributed by atoms with Gasteiger partial charge in [0.25, 0.3) is 5.91 Å². The molecular formula is C13H15FN2O3. The van der Waals surface area contributed by atoms with Gasteiger partial charge in [-0.2, -0.15) is 0 Å². The highest BCUT2D eigenvalue weighted by Crippen LogP contribution is 2.14. The molecule has 0 bridgehead atoms. The number of halogens is 1. The Morgan fingerprint density at radius 3 is 2.89 bits per heavy atom. The molecule has 1 aromatic rings. The van der Waals surface area contributed by atoms with E-state index in [4.69, 9.17) is 5.11 Å². The highest BCUT2D eigenvalue weighted by Gasteiger charge is 2.28. The van der Waals surface area contributed by atoms with Crippen LogP contribution in [0.4, 0.5) is 4.39 Å². The van der Waals surface area contributed by atoms with Gasteiger partial charge in [-0.3, -0.25) is 9.59 Å². The summed E-state index contributed by atoms with van der Waals surface area (Å²) in [7, 11) is 0. The predicted molar refractivity (Wildman–Crippen MR) is 66.5 cm³/mol. The number of aliphatic carboxylic acids is 1. The van der Waals surface area contributed by atoms with Gasteiger partial charge in [0.1, 0.15) is 11.9 Å². The smallest absolute Gasteiger partial charge is 0.322 e. The molecule has 0 aliphatic carbocycles. The fourth-order valence-corrected chi connectivity index (χ4v) is 2.09. The van der Waals surface area contributed by atoms with Crippen molar-refractivity contribution in [3.05, 3.63) is 35.1 Å². The van der Waals surface area contributed by atoms with Crippen LogP contribution >= 0.6 is 0 Å². The maximum Gasteiger partial charge on any atom is 0.322 e. The zero-order valence-corrected chi connectivity index (χ0v) is 10.5. The fourth-order valence-electron chi connectivity index (χ4n) is 2.09. The molecule has 0 saturated carbocycles. The van der Waals surface area contributed by atoms with Crippen molar-refractivity contribution in [3.63, 3.8) is 0 Å². The van der Waals surface area contributed by atoms with Crippen molar-refractivity contribution in [3.8, 4) is 0 Å². The molecule has 1 heterocycles. The summed E-state index contributed by atoms with van der Waals surface area (Å²) in [6, 6.07) is 3.25. The van der Waals surface area contributed by atoms with Gasteiger partial charge in [0.2, 0.25) is 0 Å². The van der Waals surface area contributed by atoms with E-state index in [1.54, 1.807) is 13.0 Å². The number of hydrogen-bond donors (Lipinski definition) is 2. The molecule has 1 amide bonds. The van der Waals surface area contributed by atoms with Gasteiger partial charge in [-0.25, -0.2) is 4.39 Å². The lowest BCUT2D eigenvalue weighted by atomic mass is 10.1. The van der Waals surface area contributed by atoms with E-state index in [9.17, 15) is 14.0 Å². The number of benzene rings is 1. The normalized spacial score (nSPS) is 19.3. The van der Waals surface area contributed by atoms with Crippen molar-refractivity contribution in [1.82, 2.24) is 10.2 Å². The Balaban J connectivity index is 2.19. The molecule has 1 aliphatic heterocycles. The van der Waals surface area contributed by atoms with E-state index in [0.717, 1.165) is 0 Å². The second-order valence-electron chi connectivity index (χ2n) is 4.56. The number of rotatable bonds is 2. The molecule has 2 N–H and O–H groups in total. The molecule has 0 unspecified atom stereocenters. The summed E-state index contributed by atoms with van der Waals surface area (Å²) in [5.74, 6) is -1.79. The third-order valence-electron chi connectivity index (χ3n) is 3.19. The van der Waals surface area contributed by atoms with Gasteiger partial charge < -0.3 is 15.3 Å². The van der Waals surface area contributed by atoms with Crippen LogP contribution in [0.5, 0.6) is 0 Å². The molecule has 19 heavy (non-hydrogen) atoms. The van der Waals surface area contributed by atoms with Gasteiger partial charge in [-0.1, -0.05) is 6.07 Å². The van der Waals surface area contributed by atoms with Crippen molar-refractivity contribution in [2.45, 2.75) is 13.0 Å². The second-order valence-corrected chi connectivity index (χ2v) is 4.56. The standard InChI is InChI=1S/C13H15FN2O3/c1-8-2-3-9(14)6-10(8)12(17)16-5-4-15-11(7-16)13(18)19/h2-3,6,11,15H,4-5,7H2,1H3,(H,18,19)/t11-/m1/s1. The summed E-state index contributed by atoms with van der Waals surface area (Å²) in [6.07, 6.45) is 0. The lowest BCUT2D eigenvalue weighted by molar-refractivity contribution is -0.140. The first-order valence-electron chi connectivity index (χ1n) is 6.00. The molecule has 2 rings (SSSR count). The van der Waals surface area contributed by atoms with Gasteiger partial charge in [0.15, 0.2) is 0 Å². The third-order valence-corrected chi connectivity index (χ3v) is 3.19. The van der Waals surface area contributed by atoms with Crippen LogP contribution in [0.15, 0.2) is 18.2 Å². The van der Waals surface area contributed by atoms with Gasteiger partial charge in [0, 0.05) is 25.2 Å². The molecule has 5 nitrogen and oxygen atoms in total. The van der Waals surface area contributed by atoms with Gasteiger partial charge in [-0.15, -0.1) is 0 Å². The van der Waals surface area contributed by atoms with Crippen molar-refractivity contribution >= 4 is 11.9 Å². The highest BCUT2D eigenvalue weighted by molar-refractivity contribution is 5.96. The molecule has 0 aromatic heterocycles. The number of piperazine rings is 1. The Hall–Kier alpha value is -1.95. The number of amides is 1. The van der Waals surface area contributed by atoms with Crippen molar-refractivity contribution in [2.24, 2.45) is 0 Å². The summed E-state index contributed by atoms with van der Waals surface area (Å²) < 4.78 is 13.2. The number of carbonyl (C=O) groups is 2. The van der Waals surface area contributed by atoms with Crippen LogP contribution in [0, 0.1) is 12.7 Å². The number of carboxylic acids is 1. The van der Waals surface area contributed by atoms with E-state index >= 15 is 0 Å². The minimum atomic E-state index is -0.992. The molecule has 0 radical (unpaired) electrons. The topological polar surface area (TPSA) is 69.6 Å². The largest absolute Gasteiger partial charge is 0.480 e. The summed E-state index contributed by atoms with van der Waals surface area (Å²) in [4.78, 5) is 24.6. The highest BCUT2D eigenvalue weighted by atomic mass is 19.1. The number of carboxylic acid groups (broad SMARTS) is 1. The first-order valence-corrected chi connectivity index (χ1v) is 6.00. The van der Waals surface area contributed by atoms with Gasteiger partial charge in [0.05, 0.1) is 0 Å². The summed E-state index contributed by atoms with van der Waals surface area (Å²) in [6.45, 7) is 2.64. The first kappa shape index (κ1) is 13.5. The monoisotopic (exact) mass is 266 g/mol. The van der Waals surface area contributed by atoms with Crippen LogP contribution in [0.25, 0.3) is 0 Å². The Morgan fingerprint density at radius 2 is 2.21 bits per heavy atom. The van der Waals surface area contributed by atoms with Gasteiger partial charge >= 0.3 is 5.97 Å². The second kappa shape index (κ2) is 5.36. The lowest BCUT2D eigenvalue weighted by Gasteiger charge is -2.32. The van der Waals surface area contributed by atoms with Crippen LogP contribution in [0.1, 0.15) is 15.9 Å². The van der Waals surface area contributed by atoms with E-state index in [2.05, 4.69) is 5.32 Å². The Morgan fingerprint density at radius 1 is 1.47 bits per heavy atom. The van der Waals surface area contributed by atoms with Crippen LogP contribution in [0.3, 0.4) is 0 Å². The minimum Gasteiger partial charge on any atom is -0.480 e. The van der Waals surface area contributed by atoms with E-state index in [0.29, 0.717) is 18.7 Å². The summed E-state index contributed by atoms with van der Waals surface area (Å²) in [5.41, 5.74) is 0.961. The summed E-state index contributed by atoms with van der Waals surface area (Å²) in [5, 5.41) is 11.8. The van der Waals surface area contributed by atoms with E-state index in [1.807, 2.05) is 0 Å². The number of nitrogens with zero attached hydrogens (tertiary/aromatic N) is 1. The van der Waals surface area contributed by atoms with E-state index in [1.165, 1.54) is 17.0 Å². The SMILES string of the molecule is Cc1ccc(F)cc1C(=O)N1CCN[C@@H](C(=O)O)C1. The lowest BCUT2D eigenvalue weighted by Crippen LogP contribution is -2.55. The van der Waals surface area contributed by atoms with Crippen LogP contribution in [-0.2, 0) is 4.79 Å². The number of aryl methyl sites for hydroxylation is 1. The Labute approximate surface area is 110 Å². The van der Waals surface area contributed by atoms with Crippen LogP contribution < -0.4 is 5.32 Å². The Bertz CT molecular complexity index is 519. The molecule has 1 fully saturated rings. The maximum atomic E-state index is 13.2. The maximum absolute atomic E-state index is 13.2. The van der Waals surface area contributed by atoms with E-state index < -0.39 is 17.8 Å². The first-order chi connectivity index (χ1) is 8.99. The zero-order chi connectivity index (χ0) is 14.0. The van der Waals surface area contributed by atoms with Crippen LogP contribution in [0.2, 0.25) is 0 Å². The molecule has 1 atom stereocenters. The fraction of sp³-hybridized carbons (Fsp3) is 0.385. The number of carbonyl (C=O) groups excluding carboxylic acids is 1. The molecule has 1 aromatic carbocycles. The minimum absolute atomic E-state index is 0.0874. The average molecular weight is 266 g/mol. The van der Waals surface area contributed by atoms with E-state index in [-0.39, 0.29) is 18.0 Å².